The Hall–Kier alpha value is -2.93. The molecule has 0 saturated carbocycles. The van der Waals surface area contributed by atoms with E-state index in [4.69, 9.17) is 1.37 Å². The van der Waals surface area contributed by atoms with Crippen molar-refractivity contribution in [3.05, 3.63) is 88.6 Å². The van der Waals surface area contributed by atoms with Crippen LogP contribution in [0.3, 0.4) is 0 Å². The molecule has 0 aliphatic heterocycles. The molecule has 0 N–H and O–H groups in total. The first-order valence-corrected chi connectivity index (χ1v) is 11.1. The van der Waals surface area contributed by atoms with E-state index < -0.39 is 0 Å². The number of rotatable bonds is 2. The Morgan fingerprint density at radius 2 is 1.48 bits per heavy atom. The van der Waals surface area contributed by atoms with Gasteiger partial charge in [0, 0.05) is 18.5 Å². The van der Waals surface area contributed by atoms with E-state index >= 15 is 0 Å². The standard InChI is InChI=1S/C30H34N/c1-19-10-9-11-20(2)28(19)23-12-14-26(21(3)16-23)29-27-15-13-25(30(5,6)7)18-24(27)17-22(4)31(29)8/h9-18H,1-8H3/q+1/i17D. The lowest BCUT2D eigenvalue weighted by atomic mass is 9.85. The van der Waals surface area contributed by atoms with Crippen molar-refractivity contribution < 1.29 is 5.94 Å². The number of aromatic nitrogens is 1. The van der Waals surface area contributed by atoms with Gasteiger partial charge in [-0.1, -0.05) is 63.2 Å². The normalized spacial score (nSPS) is 12.3. The van der Waals surface area contributed by atoms with Crippen LogP contribution in [0.25, 0.3) is 33.2 Å². The van der Waals surface area contributed by atoms with Gasteiger partial charge in [0.05, 0.1) is 6.76 Å². The molecule has 1 heterocycles. The minimum Gasteiger partial charge on any atom is -0.198 e. The van der Waals surface area contributed by atoms with E-state index in [1.54, 1.807) is 0 Å². The van der Waals surface area contributed by atoms with Gasteiger partial charge in [0.2, 0.25) is 5.69 Å². The van der Waals surface area contributed by atoms with E-state index in [0.29, 0.717) is 6.04 Å². The summed E-state index contributed by atoms with van der Waals surface area (Å²) in [5.41, 5.74) is 11.1. The second kappa shape index (κ2) is 7.64. The van der Waals surface area contributed by atoms with Gasteiger partial charge in [-0.3, -0.25) is 0 Å². The molecule has 0 spiro atoms. The number of hydrogen-bond acceptors (Lipinski definition) is 0. The van der Waals surface area contributed by atoms with Crippen molar-refractivity contribution in [2.24, 2.45) is 7.05 Å². The van der Waals surface area contributed by atoms with Gasteiger partial charge < -0.3 is 0 Å². The Morgan fingerprint density at radius 1 is 0.806 bits per heavy atom. The number of aryl methyl sites for hydroxylation is 3. The molecule has 0 aliphatic carbocycles. The molecule has 1 aromatic heterocycles. The molecule has 3 aromatic carbocycles. The molecule has 0 unspecified atom stereocenters. The molecular formula is C30H34N+. The Kier molecular flexibility index (Phi) is 4.93. The summed E-state index contributed by atoms with van der Waals surface area (Å²) in [6.07, 6.45) is 0. The molecule has 0 aliphatic rings. The maximum absolute atomic E-state index is 8.82. The lowest BCUT2D eigenvalue weighted by molar-refractivity contribution is -0.665. The summed E-state index contributed by atoms with van der Waals surface area (Å²) in [4.78, 5) is 0. The minimum absolute atomic E-state index is 0.0513. The Morgan fingerprint density at radius 3 is 2.10 bits per heavy atom. The molecule has 0 radical (unpaired) electrons. The van der Waals surface area contributed by atoms with Crippen LogP contribution in [0.2, 0.25) is 0 Å². The molecule has 1 nitrogen and oxygen atoms in total. The van der Waals surface area contributed by atoms with Gasteiger partial charge in [-0.2, -0.15) is 4.57 Å². The average molecular weight is 410 g/mol. The van der Waals surface area contributed by atoms with Gasteiger partial charge in [0.1, 0.15) is 7.05 Å². The van der Waals surface area contributed by atoms with E-state index in [1.807, 2.05) is 0 Å². The lowest BCUT2D eigenvalue weighted by Gasteiger charge is -2.20. The highest BCUT2D eigenvalue weighted by Crippen LogP contribution is 2.35. The average Bonchev–Trinajstić information content (AvgIpc) is 2.72. The van der Waals surface area contributed by atoms with Crippen molar-refractivity contribution >= 4 is 10.8 Å². The van der Waals surface area contributed by atoms with Crippen LogP contribution in [0, 0.1) is 27.7 Å². The van der Waals surface area contributed by atoms with E-state index in [0.717, 1.165) is 16.5 Å². The van der Waals surface area contributed by atoms with Gasteiger partial charge in [-0.25, -0.2) is 0 Å². The summed E-state index contributed by atoms with van der Waals surface area (Å²) in [6, 6.07) is 20.6. The highest BCUT2D eigenvalue weighted by Gasteiger charge is 2.22. The SMILES string of the molecule is [2H]c1c(C)[n+](C)c(-c2ccc(-c3c(C)cccc3C)cc2C)c2ccc(C(C)(C)C)cc12. The maximum atomic E-state index is 8.82. The van der Waals surface area contributed by atoms with Crippen molar-refractivity contribution in [3.63, 3.8) is 0 Å². The first-order valence-electron chi connectivity index (χ1n) is 11.6. The second-order valence-electron chi connectivity index (χ2n) is 9.92. The van der Waals surface area contributed by atoms with E-state index in [9.17, 15) is 0 Å². The number of hydrogen-bond donors (Lipinski definition) is 0. The molecule has 1 heteroatoms. The third-order valence-electron chi connectivity index (χ3n) is 6.55. The molecule has 0 saturated heterocycles. The monoisotopic (exact) mass is 409 g/mol. The van der Waals surface area contributed by atoms with Crippen molar-refractivity contribution in [1.29, 1.82) is 0 Å². The Labute approximate surface area is 188 Å². The maximum Gasteiger partial charge on any atom is 0.220 e. The molecule has 158 valence electrons. The Bertz CT molecular complexity index is 1340. The van der Waals surface area contributed by atoms with Crippen molar-refractivity contribution in [3.8, 4) is 22.4 Å². The second-order valence-corrected chi connectivity index (χ2v) is 9.92. The molecule has 31 heavy (non-hydrogen) atoms. The van der Waals surface area contributed by atoms with Gasteiger partial charge in [0.15, 0.2) is 5.69 Å². The fourth-order valence-electron chi connectivity index (χ4n) is 4.63. The third kappa shape index (κ3) is 3.78. The highest BCUT2D eigenvalue weighted by molar-refractivity contribution is 5.95. The van der Waals surface area contributed by atoms with Gasteiger partial charge in [-0.05, 0) is 77.1 Å². The summed E-state index contributed by atoms with van der Waals surface area (Å²) in [6.45, 7) is 15.3. The smallest absolute Gasteiger partial charge is 0.198 e. The Balaban J connectivity index is 1.98. The quantitative estimate of drug-likeness (QED) is 0.301. The van der Waals surface area contributed by atoms with Crippen LogP contribution in [-0.4, -0.2) is 0 Å². The van der Waals surface area contributed by atoms with Crippen LogP contribution < -0.4 is 4.57 Å². The zero-order chi connectivity index (χ0) is 23.4. The number of pyridine rings is 1. The minimum atomic E-state index is 0.0513. The largest absolute Gasteiger partial charge is 0.220 e. The summed E-state index contributed by atoms with van der Waals surface area (Å²) >= 11 is 0. The molecule has 0 fully saturated rings. The zero-order valence-corrected chi connectivity index (χ0v) is 20.1. The molecule has 0 amide bonds. The molecule has 0 bridgehead atoms. The number of nitrogens with zero attached hydrogens (tertiary/aromatic N) is 1. The van der Waals surface area contributed by atoms with Gasteiger partial charge in [-0.15, -0.1) is 0 Å². The van der Waals surface area contributed by atoms with Gasteiger partial charge in [0.25, 0.3) is 0 Å². The molecule has 4 aromatic rings. The summed E-state index contributed by atoms with van der Waals surface area (Å²) in [5.74, 6) is 0. The van der Waals surface area contributed by atoms with Gasteiger partial charge >= 0.3 is 0 Å². The van der Waals surface area contributed by atoms with Crippen LogP contribution in [0.1, 0.15) is 50.1 Å². The third-order valence-corrected chi connectivity index (χ3v) is 6.55. The summed E-state index contributed by atoms with van der Waals surface area (Å²) in [7, 11) is 2.08. The summed E-state index contributed by atoms with van der Waals surface area (Å²) < 4.78 is 11.0. The van der Waals surface area contributed by atoms with Crippen LogP contribution in [0.15, 0.2) is 60.6 Å². The van der Waals surface area contributed by atoms with E-state index in [1.165, 1.54) is 44.6 Å². The number of fused-ring (bicyclic) bond motifs is 1. The van der Waals surface area contributed by atoms with E-state index in [2.05, 4.69) is 115 Å². The van der Waals surface area contributed by atoms with Crippen LogP contribution >= 0.6 is 0 Å². The zero-order valence-electron chi connectivity index (χ0n) is 21.1. The predicted molar refractivity (Wildman–Crippen MR) is 134 cm³/mol. The first-order chi connectivity index (χ1) is 15.0. The van der Waals surface area contributed by atoms with Crippen molar-refractivity contribution in [2.45, 2.75) is 53.9 Å². The van der Waals surface area contributed by atoms with Crippen molar-refractivity contribution in [2.75, 3.05) is 0 Å². The van der Waals surface area contributed by atoms with Crippen LogP contribution in [-0.2, 0) is 12.5 Å². The molecular weight excluding hydrogens is 374 g/mol. The predicted octanol–water partition coefficient (Wildman–Crippen LogP) is 7.53. The van der Waals surface area contributed by atoms with Crippen LogP contribution in [0.5, 0.6) is 0 Å². The molecule has 0 atom stereocenters. The van der Waals surface area contributed by atoms with Crippen LogP contribution in [0.4, 0.5) is 0 Å². The topological polar surface area (TPSA) is 3.88 Å². The van der Waals surface area contributed by atoms with E-state index in [-0.39, 0.29) is 5.41 Å². The fourth-order valence-corrected chi connectivity index (χ4v) is 4.63. The lowest BCUT2D eigenvalue weighted by Crippen LogP contribution is -2.35. The first kappa shape index (κ1) is 20.0. The van der Waals surface area contributed by atoms with Crippen molar-refractivity contribution in [1.82, 2.24) is 0 Å². The summed E-state index contributed by atoms with van der Waals surface area (Å²) in [5, 5.41) is 2.17. The fraction of sp³-hybridized carbons (Fsp3) is 0.300. The molecule has 4 rings (SSSR count). The number of benzene rings is 3. The highest BCUT2D eigenvalue weighted by atomic mass is 14.9.